The summed E-state index contributed by atoms with van der Waals surface area (Å²) in [4.78, 5) is 14.6. The average Bonchev–Trinajstić information content (AvgIpc) is 3.07. The first-order valence-corrected chi connectivity index (χ1v) is 8.41. The van der Waals surface area contributed by atoms with Gasteiger partial charge in [0.1, 0.15) is 0 Å². The molecule has 2 aromatic carbocycles. The van der Waals surface area contributed by atoms with Gasteiger partial charge in [-0.25, -0.2) is 0 Å². The Morgan fingerprint density at radius 2 is 1.74 bits per heavy atom. The number of likely N-dealkylation sites (tertiary alicyclic amines) is 1. The number of hydrogen-bond acceptors (Lipinski definition) is 2. The molecule has 1 heterocycles. The van der Waals surface area contributed by atoms with Gasteiger partial charge in [0.15, 0.2) is 0 Å². The number of rotatable bonds is 6. The second-order valence-electron chi connectivity index (χ2n) is 6.27. The topological polar surface area (TPSA) is 32.3 Å². The molecule has 3 heteroatoms. The summed E-state index contributed by atoms with van der Waals surface area (Å²) >= 11 is 0. The van der Waals surface area contributed by atoms with Crippen molar-refractivity contribution < 1.29 is 4.79 Å². The van der Waals surface area contributed by atoms with E-state index < -0.39 is 0 Å². The lowest BCUT2D eigenvalue weighted by atomic mass is 10.1. The molecule has 0 spiro atoms. The van der Waals surface area contributed by atoms with Crippen LogP contribution in [-0.4, -0.2) is 37.0 Å². The highest BCUT2D eigenvalue weighted by atomic mass is 16.1. The Kier molecular flexibility index (Phi) is 5.43. The summed E-state index contributed by atoms with van der Waals surface area (Å²) in [5, 5.41) is 3.07. The molecule has 1 fully saturated rings. The zero-order valence-corrected chi connectivity index (χ0v) is 13.4. The number of carbonyl (C=O) groups is 1. The van der Waals surface area contributed by atoms with Crippen molar-refractivity contribution in [2.75, 3.05) is 26.2 Å². The molecule has 0 aliphatic carbocycles. The molecule has 1 aliphatic heterocycles. The third-order valence-corrected chi connectivity index (χ3v) is 4.52. The van der Waals surface area contributed by atoms with Crippen LogP contribution < -0.4 is 5.32 Å². The molecule has 0 radical (unpaired) electrons. The molecule has 1 aliphatic rings. The SMILES string of the molecule is O=C(NC[C@@H]1CCN(CCc2ccccc2)C1)c1ccccc1. The number of nitrogens with zero attached hydrogens (tertiary/aromatic N) is 1. The van der Waals surface area contributed by atoms with Gasteiger partial charge in [0, 0.05) is 25.2 Å². The van der Waals surface area contributed by atoms with Crippen LogP contribution >= 0.6 is 0 Å². The first-order valence-electron chi connectivity index (χ1n) is 8.41. The average molecular weight is 308 g/mol. The Hall–Kier alpha value is -2.13. The highest BCUT2D eigenvalue weighted by Crippen LogP contribution is 2.16. The summed E-state index contributed by atoms with van der Waals surface area (Å²) in [6.45, 7) is 4.10. The van der Waals surface area contributed by atoms with E-state index in [-0.39, 0.29) is 5.91 Å². The summed E-state index contributed by atoms with van der Waals surface area (Å²) < 4.78 is 0. The molecule has 0 bridgehead atoms. The number of nitrogens with one attached hydrogen (secondary N) is 1. The Balaban J connectivity index is 1.39. The monoisotopic (exact) mass is 308 g/mol. The van der Waals surface area contributed by atoms with Crippen LogP contribution in [-0.2, 0) is 6.42 Å². The first-order chi connectivity index (χ1) is 11.3. The van der Waals surface area contributed by atoms with Crippen LogP contribution in [0.4, 0.5) is 0 Å². The van der Waals surface area contributed by atoms with Gasteiger partial charge in [0.25, 0.3) is 5.91 Å². The summed E-state index contributed by atoms with van der Waals surface area (Å²) in [7, 11) is 0. The summed E-state index contributed by atoms with van der Waals surface area (Å²) in [5.74, 6) is 0.603. The molecule has 23 heavy (non-hydrogen) atoms. The lowest BCUT2D eigenvalue weighted by molar-refractivity contribution is 0.0947. The van der Waals surface area contributed by atoms with E-state index >= 15 is 0 Å². The van der Waals surface area contributed by atoms with Gasteiger partial charge < -0.3 is 10.2 Å². The van der Waals surface area contributed by atoms with Crippen molar-refractivity contribution in [1.82, 2.24) is 10.2 Å². The minimum absolute atomic E-state index is 0.0355. The molecule has 1 amide bonds. The van der Waals surface area contributed by atoms with Crippen LogP contribution in [0.2, 0.25) is 0 Å². The van der Waals surface area contributed by atoms with Crippen LogP contribution in [0.5, 0.6) is 0 Å². The Morgan fingerprint density at radius 3 is 2.48 bits per heavy atom. The van der Waals surface area contributed by atoms with Crippen molar-refractivity contribution >= 4 is 5.91 Å². The molecule has 3 nitrogen and oxygen atoms in total. The first kappa shape index (κ1) is 15.8. The van der Waals surface area contributed by atoms with Gasteiger partial charge in [-0.05, 0) is 43.0 Å². The van der Waals surface area contributed by atoms with E-state index in [0.29, 0.717) is 5.92 Å². The molecule has 3 rings (SSSR count). The predicted molar refractivity (Wildman–Crippen MR) is 93.5 cm³/mol. The lowest BCUT2D eigenvalue weighted by Crippen LogP contribution is -2.31. The maximum Gasteiger partial charge on any atom is 0.251 e. The van der Waals surface area contributed by atoms with Gasteiger partial charge in [-0.15, -0.1) is 0 Å². The van der Waals surface area contributed by atoms with E-state index in [0.717, 1.165) is 38.2 Å². The number of benzene rings is 2. The maximum absolute atomic E-state index is 12.1. The molecular weight excluding hydrogens is 284 g/mol. The minimum atomic E-state index is 0.0355. The Morgan fingerprint density at radius 1 is 1.04 bits per heavy atom. The van der Waals surface area contributed by atoms with Gasteiger partial charge >= 0.3 is 0 Å². The number of amides is 1. The fraction of sp³-hybridized carbons (Fsp3) is 0.350. The van der Waals surface area contributed by atoms with Gasteiger partial charge in [-0.1, -0.05) is 48.5 Å². The molecule has 1 atom stereocenters. The molecule has 2 aromatic rings. The van der Waals surface area contributed by atoms with E-state index in [1.54, 1.807) is 0 Å². The second-order valence-corrected chi connectivity index (χ2v) is 6.27. The van der Waals surface area contributed by atoms with Crippen molar-refractivity contribution in [2.45, 2.75) is 12.8 Å². The van der Waals surface area contributed by atoms with Crippen molar-refractivity contribution in [3.63, 3.8) is 0 Å². The van der Waals surface area contributed by atoms with Crippen molar-refractivity contribution in [3.8, 4) is 0 Å². The molecule has 1 saturated heterocycles. The van der Waals surface area contributed by atoms with Gasteiger partial charge in [0.2, 0.25) is 0 Å². The Labute approximate surface area is 138 Å². The van der Waals surface area contributed by atoms with E-state index in [1.165, 1.54) is 12.0 Å². The molecular formula is C20H24N2O. The molecule has 120 valence electrons. The van der Waals surface area contributed by atoms with Crippen molar-refractivity contribution in [3.05, 3.63) is 71.8 Å². The summed E-state index contributed by atoms with van der Waals surface area (Å²) in [6, 6.07) is 20.1. The van der Waals surface area contributed by atoms with E-state index in [9.17, 15) is 4.79 Å². The zero-order valence-electron chi connectivity index (χ0n) is 13.4. The highest BCUT2D eigenvalue weighted by Gasteiger charge is 2.22. The van der Waals surface area contributed by atoms with E-state index in [4.69, 9.17) is 0 Å². The molecule has 0 unspecified atom stereocenters. The quantitative estimate of drug-likeness (QED) is 0.890. The lowest BCUT2D eigenvalue weighted by Gasteiger charge is -2.16. The van der Waals surface area contributed by atoms with Crippen LogP contribution in [0.15, 0.2) is 60.7 Å². The third kappa shape index (κ3) is 4.67. The maximum atomic E-state index is 12.1. The van der Waals surface area contributed by atoms with E-state index in [2.05, 4.69) is 40.5 Å². The van der Waals surface area contributed by atoms with Gasteiger partial charge in [0.05, 0.1) is 0 Å². The van der Waals surface area contributed by atoms with Gasteiger partial charge in [-0.2, -0.15) is 0 Å². The van der Waals surface area contributed by atoms with Gasteiger partial charge in [-0.3, -0.25) is 4.79 Å². The van der Waals surface area contributed by atoms with E-state index in [1.807, 2.05) is 30.3 Å². The third-order valence-electron chi connectivity index (χ3n) is 4.52. The fourth-order valence-corrected chi connectivity index (χ4v) is 3.14. The summed E-state index contributed by atoms with van der Waals surface area (Å²) in [6.07, 6.45) is 2.27. The second kappa shape index (κ2) is 7.93. The largest absolute Gasteiger partial charge is 0.352 e. The van der Waals surface area contributed by atoms with Crippen molar-refractivity contribution in [2.24, 2.45) is 5.92 Å². The smallest absolute Gasteiger partial charge is 0.251 e. The Bertz CT molecular complexity index is 612. The predicted octanol–water partition coefficient (Wildman–Crippen LogP) is 2.98. The highest BCUT2D eigenvalue weighted by molar-refractivity contribution is 5.94. The zero-order chi connectivity index (χ0) is 15.9. The van der Waals surface area contributed by atoms with Crippen molar-refractivity contribution in [1.29, 1.82) is 0 Å². The molecule has 1 N–H and O–H groups in total. The molecule has 0 aromatic heterocycles. The minimum Gasteiger partial charge on any atom is -0.352 e. The summed E-state index contributed by atoms with van der Waals surface area (Å²) in [5.41, 5.74) is 2.14. The number of carbonyl (C=O) groups excluding carboxylic acids is 1. The standard InChI is InChI=1S/C20H24N2O/c23-20(19-9-5-2-6-10-19)21-15-18-12-14-22(16-18)13-11-17-7-3-1-4-8-17/h1-10,18H,11-16H2,(H,21,23)/t18-/m0/s1. The number of hydrogen-bond donors (Lipinski definition) is 1. The normalized spacial score (nSPS) is 18.0. The molecule has 0 saturated carbocycles. The van der Waals surface area contributed by atoms with Crippen LogP contribution in [0, 0.1) is 5.92 Å². The van der Waals surface area contributed by atoms with Crippen LogP contribution in [0.25, 0.3) is 0 Å². The fourth-order valence-electron chi connectivity index (χ4n) is 3.14. The van der Waals surface area contributed by atoms with Crippen LogP contribution in [0.3, 0.4) is 0 Å². The van der Waals surface area contributed by atoms with Crippen LogP contribution in [0.1, 0.15) is 22.3 Å².